The zero-order chi connectivity index (χ0) is 22.9. The normalized spacial score (nSPS) is 11.1. The second-order valence-corrected chi connectivity index (χ2v) is 8.23. The Balaban J connectivity index is 1.57. The average Bonchev–Trinajstić information content (AvgIpc) is 3.47. The van der Waals surface area contributed by atoms with Crippen molar-refractivity contribution in [3.63, 3.8) is 0 Å². The lowest BCUT2D eigenvalue weighted by Crippen LogP contribution is -2.23. The summed E-state index contributed by atoms with van der Waals surface area (Å²) in [7, 11) is 0. The molecule has 2 aromatic carbocycles. The van der Waals surface area contributed by atoms with Crippen LogP contribution in [0.25, 0.3) is 27.8 Å². The lowest BCUT2D eigenvalue weighted by molar-refractivity contribution is 0.0949. The van der Waals surface area contributed by atoms with E-state index in [0.29, 0.717) is 23.6 Å². The van der Waals surface area contributed by atoms with Crippen molar-refractivity contribution in [3.05, 3.63) is 101 Å². The minimum atomic E-state index is -0.172. The van der Waals surface area contributed by atoms with Crippen LogP contribution >= 0.6 is 0 Å². The number of aromatic nitrogens is 3. The largest absolute Gasteiger partial charge is 0.467 e. The molecule has 6 nitrogen and oxygen atoms in total. The summed E-state index contributed by atoms with van der Waals surface area (Å²) in [6, 6.07) is 19.7. The van der Waals surface area contributed by atoms with E-state index in [-0.39, 0.29) is 5.91 Å². The smallest absolute Gasteiger partial charge is 0.252 e. The number of hydrogen-bond acceptors (Lipinski definition) is 4. The number of furan rings is 1. The predicted molar refractivity (Wildman–Crippen MR) is 128 cm³/mol. The molecule has 6 heteroatoms. The van der Waals surface area contributed by atoms with Gasteiger partial charge in [-0.1, -0.05) is 29.3 Å². The second-order valence-electron chi connectivity index (χ2n) is 8.23. The molecule has 164 valence electrons. The molecule has 33 heavy (non-hydrogen) atoms. The molecule has 0 unspecified atom stereocenters. The molecular formula is C27H24N4O2. The summed E-state index contributed by atoms with van der Waals surface area (Å²) in [5, 5.41) is 8.37. The van der Waals surface area contributed by atoms with Gasteiger partial charge in [-0.15, -0.1) is 0 Å². The fourth-order valence-corrected chi connectivity index (χ4v) is 3.95. The van der Waals surface area contributed by atoms with Crippen LogP contribution in [0.2, 0.25) is 0 Å². The van der Waals surface area contributed by atoms with E-state index >= 15 is 0 Å². The summed E-state index contributed by atoms with van der Waals surface area (Å²) in [5.41, 5.74) is 7.15. The zero-order valence-corrected chi connectivity index (χ0v) is 18.8. The molecule has 0 aliphatic heterocycles. The first kappa shape index (κ1) is 20.7. The van der Waals surface area contributed by atoms with Gasteiger partial charge in [-0.2, -0.15) is 5.10 Å². The fourth-order valence-electron chi connectivity index (χ4n) is 3.95. The molecule has 3 heterocycles. The Morgan fingerprint density at radius 1 is 1.00 bits per heavy atom. The number of rotatable bonds is 5. The topological polar surface area (TPSA) is 73.0 Å². The summed E-state index contributed by atoms with van der Waals surface area (Å²) >= 11 is 0. The second kappa shape index (κ2) is 8.39. The first-order chi connectivity index (χ1) is 16.0. The highest BCUT2D eigenvalue weighted by molar-refractivity contribution is 6.07. The molecule has 0 spiro atoms. The Morgan fingerprint density at radius 2 is 1.79 bits per heavy atom. The Hall–Kier alpha value is -4.19. The van der Waals surface area contributed by atoms with Crippen molar-refractivity contribution in [3.8, 4) is 16.9 Å². The number of hydrogen-bond donors (Lipinski definition) is 1. The van der Waals surface area contributed by atoms with Crippen LogP contribution in [0.15, 0.2) is 77.5 Å². The first-order valence-electron chi connectivity index (χ1n) is 10.8. The minimum Gasteiger partial charge on any atom is -0.467 e. The number of nitrogens with zero attached hydrogens (tertiary/aromatic N) is 3. The molecule has 0 saturated heterocycles. The minimum absolute atomic E-state index is 0.172. The number of fused-ring (bicyclic) bond motifs is 1. The van der Waals surface area contributed by atoms with E-state index in [4.69, 9.17) is 9.40 Å². The molecule has 0 saturated carbocycles. The maximum Gasteiger partial charge on any atom is 0.252 e. The maximum atomic E-state index is 13.2. The summed E-state index contributed by atoms with van der Waals surface area (Å²) in [6.07, 6.45) is 3.40. The molecular weight excluding hydrogens is 412 g/mol. The van der Waals surface area contributed by atoms with Gasteiger partial charge < -0.3 is 9.73 Å². The Kier molecular flexibility index (Phi) is 5.26. The molecule has 1 N–H and O–H groups in total. The van der Waals surface area contributed by atoms with Gasteiger partial charge in [-0.25, -0.2) is 9.67 Å². The SMILES string of the molecule is Cc1ccc(-n2ncc(-c3cc(C(=O)NCc4ccco4)c4cc(C)ccc4n3)c2C)cc1. The van der Waals surface area contributed by atoms with Gasteiger partial charge in [0.15, 0.2) is 0 Å². The van der Waals surface area contributed by atoms with Crippen LogP contribution in [0.5, 0.6) is 0 Å². The lowest BCUT2D eigenvalue weighted by atomic mass is 10.0. The summed E-state index contributed by atoms with van der Waals surface area (Å²) < 4.78 is 7.24. The van der Waals surface area contributed by atoms with Crippen LogP contribution in [-0.4, -0.2) is 20.7 Å². The first-order valence-corrected chi connectivity index (χ1v) is 10.8. The van der Waals surface area contributed by atoms with E-state index < -0.39 is 0 Å². The van der Waals surface area contributed by atoms with Gasteiger partial charge in [0.1, 0.15) is 5.76 Å². The standard InChI is InChI=1S/C27H24N4O2/c1-17-6-9-20(10-7-17)31-19(3)24(16-29-31)26-14-23(22-13-18(2)8-11-25(22)30-26)27(32)28-15-21-5-4-12-33-21/h4-14,16H,15H2,1-3H3,(H,28,32). The molecule has 0 atom stereocenters. The molecule has 0 aliphatic rings. The van der Waals surface area contributed by atoms with Crippen molar-refractivity contribution in [1.82, 2.24) is 20.1 Å². The van der Waals surface area contributed by atoms with Crippen molar-refractivity contribution in [2.45, 2.75) is 27.3 Å². The van der Waals surface area contributed by atoms with Crippen LogP contribution in [0.3, 0.4) is 0 Å². The number of benzene rings is 2. The van der Waals surface area contributed by atoms with Gasteiger partial charge in [0.05, 0.1) is 47.2 Å². The van der Waals surface area contributed by atoms with Crippen LogP contribution in [0, 0.1) is 20.8 Å². The number of carbonyl (C=O) groups excluding carboxylic acids is 1. The van der Waals surface area contributed by atoms with Gasteiger partial charge >= 0.3 is 0 Å². The van der Waals surface area contributed by atoms with Crippen LogP contribution < -0.4 is 5.32 Å². The van der Waals surface area contributed by atoms with Gasteiger partial charge in [-0.3, -0.25) is 4.79 Å². The molecule has 5 rings (SSSR count). The number of nitrogens with one attached hydrogen (secondary N) is 1. The van der Waals surface area contributed by atoms with Crippen LogP contribution in [0.1, 0.15) is 32.9 Å². The van der Waals surface area contributed by atoms with Gasteiger partial charge in [0.2, 0.25) is 0 Å². The number of carbonyl (C=O) groups is 1. The van der Waals surface area contributed by atoms with Gasteiger partial charge in [0, 0.05) is 10.9 Å². The molecule has 3 aromatic heterocycles. The van der Waals surface area contributed by atoms with Crippen LogP contribution in [-0.2, 0) is 6.54 Å². The van der Waals surface area contributed by atoms with Crippen LogP contribution in [0.4, 0.5) is 0 Å². The fraction of sp³-hybridized carbons (Fsp3) is 0.148. The van der Waals surface area contributed by atoms with E-state index in [0.717, 1.165) is 33.4 Å². The van der Waals surface area contributed by atoms with E-state index in [9.17, 15) is 4.79 Å². The Bertz CT molecular complexity index is 1450. The number of amides is 1. The predicted octanol–water partition coefficient (Wildman–Crippen LogP) is 5.54. The molecule has 0 fully saturated rings. The quantitative estimate of drug-likeness (QED) is 0.393. The molecule has 0 bridgehead atoms. The highest BCUT2D eigenvalue weighted by atomic mass is 16.3. The highest BCUT2D eigenvalue weighted by Gasteiger charge is 2.18. The summed E-state index contributed by atoms with van der Waals surface area (Å²) in [5.74, 6) is 0.530. The van der Waals surface area contributed by atoms with E-state index in [2.05, 4.69) is 29.5 Å². The Morgan fingerprint density at radius 3 is 2.55 bits per heavy atom. The molecule has 1 amide bonds. The van der Waals surface area contributed by atoms with Crippen molar-refractivity contribution >= 4 is 16.8 Å². The third-order valence-electron chi connectivity index (χ3n) is 5.78. The summed E-state index contributed by atoms with van der Waals surface area (Å²) in [6.45, 7) is 6.40. The van der Waals surface area contributed by atoms with E-state index in [1.165, 1.54) is 5.56 Å². The number of pyridine rings is 1. The van der Waals surface area contributed by atoms with Crippen molar-refractivity contribution in [2.75, 3.05) is 0 Å². The van der Waals surface area contributed by atoms with Crippen molar-refractivity contribution in [1.29, 1.82) is 0 Å². The van der Waals surface area contributed by atoms with Crippen molar-refractivity contribution < 1.29 is 9.21 Å². The zero-order valence-electron chi connectivity index (χ0n) is 18.8. The molecule has 0 radical (unpaired) electrons. The highest BCUT2D eigenvalue weighted by Crippen LogP contribution is 2.29. The average molecular weight is 437 g/mol. The van der Waals surface area contributed by atoms with E-state index in [1.54, 1.807) is 12.3 Å². The Labute approximate surface area is 191 Å². The third kappa shape index (κ3) is 4.03. The lowest BCUT2D eigenvalue weighted by Gasteiger charge is -2.11. The maximum absolute atomic E-state index is 13.2. The third-order valence-corrected chi connectivity index (χ3v) is 5.78. The van der Waals surface area contributed by atoms with Gasteiger partial charge in [0.25, 0.3) is 5.91 Å². The molecule has 5 aromatic rings. The summed E-state index contributed by atoms with van der Waals surface area (Å²) in [4.78, 5) is 18.1. The van der Waals surface area contributed by atoms with Crippen molar-refractivity contribution in [2.24, 2.45) is 0 Å². The number of aryl methyl sites for hydroxylation is 2. The molecule has 0 aliphatic carbocycles. The van der Waals surface area contributed by atoms with Gasteiger partial charge in [-0.05, 0) is 63.2 Å². The monoisotopic (exact) mass is 436 g/mol. The van der Waals surface area contributed by atoms with E-state index in [1.807, 2.05) is 67.2 Å².